The molecule has 1 aliphatic rings. The molecule has 0 radical (unpaired) electrons. The molecule has 1 aromatic heterocycles. The molecule has 134 valence electrons. The molecule has 8 heteroatoms. The number of carbonyl (C=O) groups excluding carboxylic acids is 1. The fourth-order valence-electron chi connectivity index (χ4n) is 2.62. The van der Waals surface area contributed by atoms with E-state index in [9.17, 15) is 13.2 Å². The summed E-state index contributed by atoms with van der Waals surface area (Å²) in [5, 5.41) is 2.80. The van der Waals surface area contributed by atoms with Crippen molar-refractivity contribution >= 4 is 15.9 Å². The number of furan rings is 1. The summed E-state index contributed by atoms with van der Waals surface area (Å²) in [4.78, 5) is 12.5. The van der Waals surface area contributed by atoms with E-state index in [2.05, 4.69) is 5.32 Å². The number of benzene rings is 1. The lowest BCUT2D eigenvalue weighted by atomic mass is 10.2. The highest BCUT2D eigenvalue weighted by molar-refractivity contribution is 7.89. The van der Waals surface area contributed by atoms with Crippen molar-refractivity contribution in [3.8, 4) is 0 Å². The number of nitrogens with one attached hydrogen (secondary N) is 1. The molecule has 3 rings (SSSR count). The Balaban J connectivity index is 1.77. The third-order valence-corrected chi connectivity index (χ3v) is 5.92. The van der Waals surface area contributed by atoms with Crippen molar-refractivity contribution < 1.29 is 22.4 Å². The average molecular weight is 364 g/mol. The maximum absolute atomic E-state index is 12.7. The van der Waals surface area contributed by atoms with Crippen LogP contribution in [0, 0.1) is 0 Å². The standard InChI is InChI=1S/C17H20N2O5S/c1-13(16-6-3-9-24-16)18-17(20)14-4-2-5-15(12-14)25(21,22)19-7-10-23-11-8-19/h2-6,9,12-13H,7-8,10-11H2,1H3,(H,18,20). The summed E-state index contributed by atoms with van der Waals surface area (Å²) in [6.07, 6.45) is 1.54. The highest BCUT2D eigenvalue weighted by Gasteiger charge is 2.27. The molecule has 0 spiro atoms. The Bertz CT molecular complexity index is 826. The quantitative estimate of drug-likeness (QED) is 0.874. The first-order chi connectivity index (χ1) is 12.0. The van der Waals surface area contributed by atoms with Gasteiger partial charge >= 0.3 is 0 Å². The molecule has 1 atom stereocenters. The summed E-state index contributed by atoms with van der Waals surface area (Å²) in [6.45, 7) is 3.17. The zero-order valence-electron chi connectivity index (χ0n) is 13.8. The van der Waals surface area contributed by atoms with Crippen LogP contribution in [0.3, 0.4) is 0 Å². The maximum Gasteiger partial charge on any atom is 0.251 e. The van der Waals surface area contributed by atoms with Crippen LogP contribution in [0.5, 0.6) is 0 Å². The van der Waals surface area contributed by atoms with Gasteiger partial charge in [0.2, 0.25) is 10.0 Å². The summed E-state index contributed by atoms with van der Waals surface area (Å²) in [5.74, 6) is 0.272. The summed E-state index contributed by atoms with van der Waals surface area (Å²) >= 11 is 0. The lowest BCUT2D eigenvalue weighted by Gasteiger charge is -2.26. The molecule has 1 aromatic carbocycles. The largest absolute Gasteiger partial charge is 0.467 e. The van der Waals surface area contributed by atoms with Gasteiger partial charge in [-0.25, -0.2) is 8.42 Å². The second-order valence-electron chi connectivity index (χ2n) is 5.75. The van der Waals surface area contributed by atoms with Crippen LogP contribution in [0.2, 0.25) is 0 Å². The van der Waals surface area contributed by atoms with Gasteiger partial charge in [-0.3, -0.25) is 4.79 Å². The van der Waals surface area contributed by atoms with Gasteiger partial charge in [0.25, 0.3) is 5.91 Å². The van der Waals surface area contributed by atoms with Crippen molar-refractivity contribution in [1.29, 1.82) is 0 Å². The number of hydrogen-bond donors (Lipinski definition) is 1. The van der Waals surface area contributed by atoms with E-state index in [4.69, 9.17) is 9.15 Å². The first-order valence-electron chi connectivity index (χ1n) is 8.01. The Kier molecular flexibility index (Phi) is 5.22. The van der Waals surface area contributed by atoms with Crippen LogP contribution in [0.4, 0.5) is 0 Å². The molecular formula is C17H20N2O5S. The molecule has 2 aromatic rings. The highest BCUT2D eigenvalue weighted by atomic mass is 32.2. The molecule has 1 unspecified atom stereocenters. The summed E-state index contributed by atoms with van der Waals surface area (Å²) < 4.78 is 37.2. The van der Waals surface area contributed by atoms with Gasteiger partial charge in [-0.1, -0.05) is 6.07 Å². The summed E-state index contributed by atoms with van der Waals surface area (Å²) in [6, 6.07) is 9.24. The minimum Gasteiger partial charge on any atom is -0.467 e. The second kappa shape index (κ2) is 7.38. The molecule has 25 heavy (non-hydrogen) atoms. The van der Waals surface area contributed by atoms with E-state index in [1.54, 1.807) is 31.2 Å². The first-order valence-corrected chi connectivity index (χ1v) is 9.45. The average Bonchev–Trinajstić information content (AvgIpc) is 3.17. The van der Waals surface area contributed by atoms with Crippen LogP contribution < -0.4 is 5.32 Å². The number of morpholine rings is 1. The van der Waals surface area contributed by atoms with Gasteiger partial charge in [0.1, 0.15) is 5.76 Å². The second-order valence-corrected chi connectivity index (χ2v) is 7.69. The Morgan fingerprint density at radius 1 is 1.20 bits per heavy atom. The zero-order valence-corrected chi connectivity index (χ0v) is 14.7. The minimum absolute atomic E-state index is 0.104. The van der Waals surface area contributed by atoms with Crippen LogP contribution in [-0.2, 0) is 14.8 Å². The van der Waals surface area contributed by atoms with Gasteiger partial charge in [-0.15, -0.1) is 0 Å². The van der Waals surface area contributed by atoms with Crippen molar-refractivity contribution in [1.82, 2.24) is 9.62 Å². The third-order valence-electron chi connectivity index (χ3n) is 4.02. The lowest BCUT2D eigenvalue weighted by molar-refractivity contribution is 0.0730. The van der Waals surface area contributed by atoms with E-state index in [0.717, 1.165) is 0 Å². The third kappa shape index (κ3) is 3.92. The SMILES string of the molecule is CC(NC(=O)c1cccc(S(=O)(=O)N2CCOCC2)c1)c1ccco1. The lowest BCUT2D eigenvalue weighted by Crippen LogP contribution is -2.40. The van der Waals surface area contributed by atoms with E-state index < -0.39 is 10.0 Å². The van der Waals surface area contributed by atoms with Crippen molar-refractivity contribution in [2.75, 3.05) is 26.3 Å². The number of carbonyl (C=O) groups is 1. The van der Waals surface area contributed by atoms with Gasteiger partial charge < -0.3 is 14.5 Å². The number of sulfonamides is 1. The fraction of sp³-hybridized carbons (Fsp3) is 0.353. The molecular weight excluding hydrogens is 344 g/mol. The monoisotopic (exact) mass is 364 g/mol. The molecule has 1 N–H and O–H groups in total. The number of amides is 1. The van der Waals surface area contributed by atoms with Crippen LogP contribution in [0.25, 0.3) is 0 Å². The normalized spacial score (nSPS) is 17.2. The van der Waals surface area contributed by atoms with Gasteiger partial charge in [0.15, 0.2) is 0 Å². The smallest absolute Gasteiger partial charge is 0.251 e. The Hall–Kier alpha value is -2.16. The van der Waals surface area contributed by atoms with Crippen molar-refractivity contribution in [3.63, 3.8) is 0 Å². The molecule has 1 amide bonds. The molecule has 7 nitrogen and oxygen atoms in total. The molecule has 0 saturated carbocycles. The molecule has 1 fully saturated rings. The van der Waals surface area contributed by atoms with Gasteiger partial charge in [-0.05, 0) is 37.3 Å². The highest BCUT2D eigenvalue weighted by Crippen LogP contribution is 2.19. The zero-order chi connectivity index (χ0) is 17.9. The Morgan fingerprint density at radius 2 is 1.96 bits per heavy atom. The number of rotatable bonds is 5. The first kappa shape index (κ1) is 17.7. The van der Waals surface area contributed by atoms with Gasteiger partial charge in [0.05, 0.1) is 30.4 Å². The fourth-order valence-corrected chi connectivity index (χ4v) is 4.08. The van der Waals surface area contributed by atoms with Crippen molar-refractivity contribution in [2.24, 2.45) is 0 Å². The van der Waals surface area contributed by atoms with Crippen LogP contribution in [0.1, 0.15) is 29.1 Å². The van der Waals surface area contributed by atoms with Gasteiger partial charge in [-0.2, -0.15) is 4.31 Å². The molecule has 0 bridgehead atoms. The molecule has 1 saturated heterocycles. The Morgan fingerprint density at radius 3 is 2.64 bits per heavy atom. The molecule has 2 heterocycles. The van der Waals surface area contributed by atoms with E-state index >= 15 is 0 Å². The predicted octanol–water partition coefficient (Wildman–Crippen LogP) is 1.79. The Labute approximate surface area is 146 Å². The minimum atomic E-state index is -3.63. The molecule has 1 aliphatic heterocycles. The summed E-state index contributed by atoms with van der Waals surface area (Å²) in [5.41, 5.74) is 0.285. The van der Waals surface area contributed by atoms with Crippen molar-refractivity contribution in [2.45, 2.75) is 17.9 Å². The van der Waals surface area contributed by atoms with E-state index in [1.807, 2.05) is 0 Å². The van der Waals surface area contributed by atoms with E-state index in [0.29, 0.717) is 32.1 Å². The number of ether oxygens (including phenoxy) is 1. The van der Waals surface area contributed by atoms with E-state index in [1.165, 1.54) is 22.7 Å². The van der Waals surface area contributed by atoms with Crippen LogP contribution in [-0.4, -0.2) is 44.9 Å². The topological polar surface area (TPSA) is 88.9 Å². The number of nitrogens with zero attached hydrogens (tertiary/aromatic N) is 1. The van der Waals surface area contributed by atoms with Crippen LogP contribution in [0.15, 0.2) is 52.0 Å². The van der Waals surface area contributed by atoms with Crippen LogP contribution >= 0.6 is 0 Å². The predicted molar refractivity (Wildman–Crippen MR) is 90.6 cm³/mol. The van der Waals surface area contributed by atoms with Crippen molar-refractivity contribution in [3.05, 3.63) is 54.0 Å². The van der Waals surface area contributed by atoms with E-state index in [-0.39, 0.29) is 22.4 Å². The maximum atomic E-state index is 12.7. The molecule has 0 aliphatic carbocycles. The van der Waals surface area contributed by atoms with Gasteiger partial charge in [0, 0.05) is 18.7 Å². The number of hydrogen-bond acceptors (Lipinski definition) is 5. The summed E-state index contributed by atoms with van der Waals surface area (Å²) in [7, 11) is -3.63.